The van der Waals surface area contributed by atoms with Crippen LogP contribution in [0.3, 0.4) is 0 Å². The van der Waals surface area contributed by atoms with Gasteiger partial charge in [0.2, 0.25) is 0 Å². The molecule has 0 amide bonds. The minimum absolute atomic E-state index is 0.0161. The van der Waals surface area contributed by atoms with Crippen LogP contribution in [-0.4, -0.2) is 83.7 Å². The Balaban J connectivity index is 1.29. The molecule has 0 unspecified atom stereocenters. The fraction of sp³-hybridized carbons (Fsp3) is 0.771. The second kappa shape index (κ2) is 15.2. The molecule has 1 aromatic rings. The minimum Gasteiger partial charge on any atom is -0.481 e. The van der Waals surface area contributed by atoms with E-state index in [0.717, 1.165) is 76.6 Å². The number of Topliss-reactive ketones (excluding diaryl/α,β-unsaturated/α-hetero) is 1. The third kappa shape index (κ3) is 7.14. The number of esters is 1. The molecule has 0 aromatic heterocycles. The van der Waals surface area contributed by atoms with Crippen LogP contribution in [0.15, 0.2) is 41.5 Å². The summed E-state index contributed by atoms with van der Waals surface area (Å²) in [6, 6.07) is 10.5. The Kier molecular flexibility index (Phi) is 11.7. The van der Waals surface area contributed by atoms with Crippen molar-refractivity contribution in [2.75, 3.05) is 33.7 Å². The highest BCUT2D eigenvalue weighted by Crippen LogP contribution is 2.77. The number of carbonyl (C=O) groups is 3. The van der Waals surface area contributed by atoms with Gasteiger partial charge in [-0.25, -0.2) is 0 Å². The number of aliphatic hydroxyl groups excluding tert-OH is 1. The van der Waals surface area contributed by atoms with Crippen LogP contribution in [0.4, 0.5) is 0 Å². The van der Waals surface area contributed by atoms with Gasteiger partial charge in [0.15, 0.2) is 5.78 Å². The molecule has 5 aliphatic rings. The quantitative estimate of drug-likeness (QED) is 0.192. The van der Waals surface area contributed by atoms with Crippen molar-refractivity contribution in [3.05, 3.63) is 47.0 Å². The first-order valence-corrected chi connectivity index (χ1v) is 21.8. The van der Waals surface area contributed by atoms with Gasteiger partial charge in [-0.05, 0) is 130 Å². The molecule has 6 rings (SSSR count). The number of allylic oxidation sites excluding steroid dienone is 1. The van der Waals surface area contributed by atoms with E-state index in [9.17, 15) is 24.6 Å². The number of benzene rings is 1. The molecule has 0 aliphatic heterocycles. The molecule has 0 spiro atoms. The maximum atomic E-state index is 14.3. The fourth-order valence-electron chi connectivity index (χ4n) is 13.7. The van der Waals surface area contributed by atoms with Crippen LogP contribution in [0.2, 0.25) is 0 Å². The lowest BCUT2D eigenvalue weighted by atomic mass is 9.33. The molecule has 0 saturated heterocycles. The SMILES string of the molecule is CC(C)C1=C2[C@H]3CC[C@@H]4[C@@]5(C)CC[C@H](OC(=O)CC(C)(C)C(=O)O)C(C)(C)[C@@H]5CC[C@@]4(C)[C@]3(C)CC[C@@]2([C@H](O)CN(CCN(C)C)Cc2ccccc2)CC1=O. The van der Waals surface area contributed by atoms with Crippen LogP contribution in [0.25, 0.3) is 0 Å². The van der Waals surface area contributed by atoms with E-state index in [1.807, 2.05) is 6.07 Å². The number of carboxylic acid groups (broad SMARTS) is 1. The number of hydrogen-bond acceptors (Lipinski definition) is 7. The number of nitrogens with zero attached hydrogens (tertiary/aromatic N) is 2. The van der Waals surface area contributed by atoms with Crippen LogP contribution in [0.5, 0.6) is 0 Å². The first-order chi connectivity index (χ1) is 26.0. The molecular formula is C48H74N2O6. The third-order valence-corrected chi connectivity index (χ3v) is 17.0. The highest BCUT2D eigenvalue weighted by molar-refractivity contribution is 6.00. The van der Waals surface area contributed by atoms with Gasteiger partial charge in [-0.2, -0.15) is 0 Å². The van der Waals surface area contributed by atoms with Crippen LogP contribution in [-0.2, 0) is 25.7 Å². The summed E-state index contributed by atoms with van der Waals surface area (Å²) in [6.45, 7) is 22.8. The second-order valence-corrected chi connectivity index (χ2v) is 21.6. The molecule has 4 fully saturated rings. The fourth-order valence-corrected chi connectivity index (χ4v) is 13.7. The lowest BCUT2D eigenvalue weighted by molar-refractivity contribution is -0.235. The van der Waals surface area contributed by atoms with Crippen molar-refractivity contribution in [1.82, 2.24) is 9.80 Å². The Hall–Kier alpha value is -2.55. The average Bonchev–Trinajstić information content (AvgIpc) is 3.42. The standard InChI is InChI=1S/C48H74N2O6/c1-31(2)40-34(51)27-48(37(52)30-50(26-25-49(10)11)29-32-15-13-12-14-16-32)24-23-46(8)33(41(40)48)17-18-36-45(7)21-20-38(56-39(53)28-43(3,4)42(54)55)44(5,6)35(45)19-22-47(36,46)9/h12-16,31,33,35-38,52H,17-30H2,1-11H3,(H,54,55)/t33-,35+,36-,37-,38+,45+,46-,47-,48+/m1/s1. The molecule has 5 aliphatic carbocycles. The average molecular weight is 775 g/mol. The van der Waals surface area contributed by atoms with Crippen LogP contribution in [0, 0.1) is 56.2 Å². The zero-order valence-corrected chi connectivity index (χ0v) is 36.7. The molecule has 9 atom stereocenters. The summed E-state index contributed by atoms with van der Waals surface area (Å²) in [5.41, 5.74) is 1.72. The lowest BCUT2D eigenvalue weighted by Gasteiger charge is -2.72. The van der Waals surface area contributed by atoms with Crippen molar-refractivity contribution in [3.8, 4) is 0 Å². The monoisotopic (exact) mass is 775 g/mol. The summed E-state index contributed by atoms with van der Waals surface area (Å²) < 4.78 is 6.20. The zero-order valence-electron chi connectivity index (χ0n) is 36.7. The van der Waals surface area contributed by atoms with Gasteiger partial charge < -0.3 is 19.8 Å². The van der Waals surface area contributed by atoms with E-state index in [1.165, 1.54) is 11.1 Å². The molecule has 312 valence electrons. The van der Waals surface area contributed by atoms with Gasteiger partial charge in [0.1, 0.15) is 6.10 Å². The molecule has 1 aromatic carbocycles. The Morgan fingerprint density at radius 2 is 1.57 bits per heavy atom. The number of ketones is 1. The van der Waals surface area contributed by atoms with E-state index in [-0.39, 0.29) is 51.8 Å². The number of carboxylic acids is 1. The van der Waals surface area contributed by atoms with E-state index in [4.69, 9.17) is 4.74 Å². The highest BCUT2D eigenvalue weighted by Gasteiger charge is 2.71. The Morgan fingerprint density at radius 1 is 0.893 bits per heavy atom. The largest absolute Gasteiger partial charge is 0.481 e. The van der Waals surface area contributed by atoms with Crippen LogP contribution >= 0.6 is 0 Å². The van der Waals surface area contributed by atoms with Crippen molar-refractivity contribution in [2.45, 2.75) is 145 Å². The molecule has 0 radical (unpaired) electrons. The number of fused-ring (bicyclic) bond motifs is 7. The van der Waals surface area contributed by atoms with Gasteiger partial charge in [-0.1, -0.05) is 84.4 Å². The van der Waals surface area contributed by atoms with E-state index in [1.54, 1.807) is 13.8 Å². The predicted molar refractivity (Wildman–Crippen MR) is 222 cm³/mol. The van der Waals surface area contributed by atoms with Gasteiger partial charge in [0.05, 0.1) is 17.9 Å². The maximum absolute atomic E-state index is 14.3. The van der Waals surface area contributed by atoms with Gasteiger partial charge in [0, 0.05) is 43.4 Å². The number of aliphatic carboxylic acids is 1. The Morgan fingerprint density at radius 3 is 2.20 bits per heavy atom. The van der Waals surface area contributed by atoms with E-state index in [0.29, 0.717) is 24.8 Å². The molecule has 8 nitrogen and oxygen atoms in total. The minimum atomic E-state index is -1.17. The molecule has 4 saturated carbocycles. The first kappa shape index (κ1) is 43.0. The molecule has 8 heteroatoms. The smallest absolute Gasteiger partial charge is 0.309 e. The van der Waals surface area contributed by atoms with E-state index >= 15 is 0 Å². The zero-order chi connectivity index (χ0) is 41.2. The van der Waals surface area contributed by atoms with Crippen molar-refractivity contribution in [2.24, 2.45) is 56.2 Å². The second-order valence-electron chi connectivity index (χ2n) is 21.6. The summed E-state index contributed by atoms with van der Waals surface area (Å²) >= 11 is 0. The molecular weight excluding hydrogens is 701 g/mol. The number of rotatable bonds is 13. The Bertz CT molecular complexity index is 1680. The summed E-state index contributed by atoms with van der Waals surface area (Å²) in [5.74, 6) is 0.0748. The molecule has 0 heterocycles. The van der Waals surface area contributed by atoms with Gasteiger partial charge >= 0.3 is 11.9 Å². The number of ether oxygens (including phenoxy) is 1. The Labute approximate surface area is 338 Å². The number of aliphatic hydroxyl groups is 1. The van der Waals surface area contributed by atoms with Gasteiger partial charge in [-0.15, -0.1) is 0 Å². The van der Waals surface area contributed by atoms with Crippen molar-refractivity contribution in [1.29, 1.82) is 0 Å². The first-order valence-electron chi connectivity index (χ1n) is 21.8. The van der Waals surface area contributed by atoms with E-state index < -0.39 is 28.9 Å². The highest BCUT2D eigenvalue weighted by atomic mass is 16.5. The summed E-state index contributed by atoms with van der Waals surface area (Å²) in [6.07, 6.45) is 7.28. The summed E-state index contributed by atoms with van der Waals surface area (Å²) in [4.78, 5) is 43.8. The van der Waals surface area contributed by atoms with Crippen LogP contribution < -0.4 is 0 Å². The number of likely N-dealkylation sites (N-methyl/N-ethyl adjacent to an activating group) is 1. The molecule has 56 heavy (non-hydrogen) atoms. The topological polar surface area (TPSA) is 107 Å². The van der Waals surface area contributed by atoms with Crippen LogP contribution in [0.1, 0.15) is 132 Å². The van der Waals surface area contributed by atoms with Gasteiger partial charge in [-0.3, -0.25) is 19.3 Å². The maximum Gasteiger partial charge on any atom is 0.309 e. The summed E-state index contributed by atoms with van der Waals surface area (Å²) in [5, 5.41) is 22.3. The normalized spacial score (nSPS) is 35.9. The third-order valence-electron chi connectivity index (χ3n) is 17.0. The lowest BCUT2D eigenvalue weighted by Crippen LogP contribution is -2.66. The van der Waals surface area contributed by atoms with E-state index in [2.05, 4.69) is 96.6 Å². The van der Waals surface area contributed by atoms with Crippen molar-refractivity contribution in [3.63, 3.8) is 0 Å². The van der Waals surface area contributed by atoms with Gasteiger partial charge in [0.25, 0.3) is 0 Å². The van der Waals surface area contributed by atoms with Crippen molar-refractivity contribution >= 4 is 17.7 Å². The molecule has 0 bridgehead atoms. The number of carbonyl (C=O) groups excluding carboxylic acids is 2. The number of hydrogen-bond donors (Lipinski definition) is 2. The predicted octanol–water partition coefficient (Wildman–Crippen LogP) is 8.80. The van der Waals surface area contributed by atoms with Crippen molar-refractivity contribution < 1.29 is 29.3 Å². The summed E-state index contributed by atoms with van der Waals surface area (Å²) in [7, 11) is 4.20. The molecule has 2 N–H and O–H groups in total.